The second kappa shape index (κ2) is 5.58. The summed E-state index contributed by atoms with van der Waals surface area (Å²) >= 11 is 0. The lowest BCUT2D eigenvalue weighted by atomic mass is 10.2. The van der Waals surface area contributed by atoms with Crippen molar-refractivity contribution in [2.45, 2.75) is 19.0 Å². The van der Waals surface area contributed by atoms with Crippen LogP contribution in [0.15, 0.2) is 48.5 Å². The summed E-state index contributed by atoms with van der Waals surface area (Å²) in [4.78, 5) is 11.1. The number of rotatable bonds is 5. The van der Waals surface area contributed by atoms with Gasteiger partial charge in [-0.1, -0.05) is 36.4 Å². The van der Waals surface area contributed by atoms with Crippen LogP contribution in [0.5, 0.6) is 0 Å². The number of carbonyl (C=O) groups is 1. The fourth-order valence-electron chi connectivity index (χ4n) is 2.89. The molecule has 3 rings (SSSR count). The molecule has 0 radical (unpaired) electrons. The number of aromatic nitrogens is 1. The fraction of sp³-hybridized carbons (Fsp3) is 0.235. The molecule has 21 heavy (non-hydrogen) atoms. The van der Waals surface area contributed by atoms with Crippen LogP contribution in [0.25, 0.3) is 21.8 Å². The van der Waals surface area contributed by atoms with Gasteiger partial charge in [0.2, 0.25) is 0 Å². The Labute approximate surface area is 123 Å². The van der Waals surface area contributed by atoms with Crippen molar-refractivity contribution < 1.29 is 9.90 Å². The zero-order valence-corrected chi connectivity index (χ0v) is 11.9. The number of benzene rings is 2. The van der Waals surface area contributed by atoms with E-state index in [4.69, 9.17) is 5.11 Å². The van der Waals surface area contributed by atoms with Crippen LogP contribution in [-0.4, -0.2) is 28.7 Å². The molecule has 0 fully saturated rings. The van der Waals surface area contributed by atoms with Crippen molar-refractivity contribution in [3.8, 4) is 0 Å². The largest absolute Gasteiger partial charge is 0.480 e. The average molecular weight is 282 g/mol. The van der Waals surface area contributed by atoms with E-state index in [0.717, 1.165) is 11.0 Å². The first kappa shape index (κ1) is 13.6. The first-order valence-electron chi connectivity index (χ1n) is 7.08. The molecule has 0 aliphatic heterocycles. The van der Waals surface area contributed by atoms with Crippen LogP contribution in [0.4, 0.5) is 0 Å². The Morgan fingerprint density at radius 3 is 2.10 bits per heavy atom. The maximum Gasteiger partial charge on any atom is 0.320 e. The van der Waals surface area contributed by atoms with Gasteiger partial charge < -0.3 is 15.0 Å². The van der Waals surface area contributed by atoms with Crippen molar-refractivity contribution >= 4 is 27.8 Å². The third-order valence-electron chi connectivity index (χ3n) is 3.97. The highest BCUT2D eigenvalue weighted by atomic mass is 16.4. The van der Waals surface area contributed by atoms with Crippen LogP contribution in [0.3, 0.4) is 0 Å². The van der Waals surface area contributed by atoms with Crippen LogP contribution in [0.2, 0.25) is 0 Å². The summed E-state index contributed by atoms with van der Waals surface area (Å²) in [6.07, 6.45) is 0.550. The minimum Gasteiger partial charge on any atom is -0.480 e. The maximum atomic E-state index is 11.1. The molecule has 1 atom stereocenters. The highest BCUT2D eigenvalue weighted by molar-refractivity contribution is 6.07. The highest BCUT2D eigenvalue weighted by Crippen LogP contribution is 2.28. The Balaban J connectivity index is 2.05. The van der Waals surface area contributed by atoms with E-state index >= 15 is 0 Å². The lowest BCUT2D eigenvalue weighted by molar-refractivity contribution is -0.139. The molecule has 1 aromatic heterocycles. The van der Waals surface area contributed by atoms with Gasteiger partial charge in [-0.25, -0.2) is 0 Å². The van der Waals surface area contributed by atoms with Crippen LogP contribution >= 0.6 is 0 Å². The first-order chi connectivity index (χ1) is 10.2. The third kappa shape index (κ3) is 2.38. The summed E-state index contributed by atoms with van der Waals surface area (Å²) in [7, 11) is 1.69. The van der Waals surface area contributed by atoms with Gasteiger partial charge in [0.05, 0.1) is 0 Å². The lowest BCUT2D eigenvalue weighted by Gasteiger charge is -2.13. The molecule has 0 amide bonds. The Morgan fingerprint density at radius 1 is 1.10 bits per heavy atom. The Bertz CT molecular complexity index is 738. The Hall–Kier alpha value is -2.33. The molecular weight excluding hydrogens is 264 g/mol. The minimum absolute atomic E-state index is 0.523. The number of hydrogen-bond donors (Lipinski definition) is 2. The van der Waals surface area contributed by atoms with Crippen LogP contribution < -0.4 is 5.32 Å². The molecule has 2 N–H and O–H groups in total. The normalized spacial score (nSPS) is 12.8. The van der Waals surface area contributed by atoms with Crippen molar-refractivity contribution in [1.82, 2.24) is 9.88 Å². The minimum atomic E-state index is -0.807. The summed E-state index contributed by atoms with van der Waals surface area (Å²) < 4.78 is 2.21. The van der Waals surface area contributed by atoms with E-state index < -0.39 is 12.0 Å². The smallest absolute Gasteiger partial charge is 0.320 e. The molecule has 1 unspecified atom stereocenters. The van der Waals surface area contributed by atoms with Crippen molar-refractivity contribution in [3.05, 3.63) is 48.5 Å². The molecular formula is C17H18N2O2. The van der Waals surface area contributed by atoms with Crippen LogP contribution in [0.1, 0.15) is 6.42 Å². The molecule has 0 spiro atoms. The molecule has 0 aliphatic rings. The number of aryl methyl sites for hydroxylation is 1. The van der Waals surface area contributed by atoms with Gasteiger partial charge in [-0.15, -0.1) is 0 Å². The number of likely N-dealkylation sites (N-methyl/N-ethyl adjacent to an activating group) is 1. The average Bonchev–Trinajstić information content (AvgIpc) is 2.82. The maximum absolute atomic E-state index is 11.1. The van der Waals surface area contributed by atoms with E-state index in [-0.39, 0.29) is 0 Å². The van der Waals surface area contributed by atoms with Crippen LogP contribution in [-0.2, 0) is 11.3 Å². The molecule has 3 aromatic rings. The number of fused-ring (bicyclic) bond motifs is 3. The first-order valence-corrected chi connectivity index (χ1v) is 7.08. The fourth-order valence-corrected chi connectivity index (χ4v) is 2.89. The van der Waals surface area contributed by atoms with E-state index in [1.54, 1.807) is 7.05 Å². The van der Waals surface area contributed by atoms with E-state index in [1.807, 2.05) is 24.3 Å². The topological polar surface area (TPSA) is 54.3 Å². The number of para-hydroxylation sites is 2. The van der Waals surface area contributed by atoms with Crippen molar-refractivity contribution in [2.24, 2.45) is 0 Å². The second-order valence-corrected chi connectivity index (χ2v) is 5.15. The number of nitrogens with one attached hydrogen (secondary N) is 1. The number of aliphatic carboxylic acids is 1. The Morgan fingerprint density at radius 2 is 1.62 bits per heavy atom. The zero-order valence-electron chi connectivity index (χ0n) is 11.9. The van der Waals surface area contributed by atoms with Crippen molar-refractivity contribution in [1.29, 1.82) is 0 Å². The molecule has 1 heterocycles. The quantitative estimate of drug-likeness (QED) is 0.756. The number of hydrogen-bond acceptors (Lipinski definition) is 2. The summed E-state index contributed by atoms with van der Waals surface area (Å²) in [5.41, 5.74) is 2.30. The Kier molecular flexibility index (Phi) is 3.62. The molecule has 2 aromatic carbocycles. The molecule has 0 aliphatic carbocycles. The van der Waals surface area contributed by atoms with Crippen molar-refractivity contribution in [2.75, 3.05) is 7.05 Å². The predicted octanol–water partition coefficient (Wildman–Crippen LogP) is 2.86. The summed E-state index contributed by atoms with van der Waals surface area (Å²) in [6.45, 7) is 0.672. The molecule has 4 heteroatoms. The van der Waals surface area contributed by atoms with Gasteiger partial charge in [-0.05, 0) is 25.6 Å². The van der Waals surface area contributed by atoms with Gasteiger partial charge in [-0.2, -0.15) is 0 Å². The summed E-state index contributed by atoms with van der Waals surface area (Å²) in [6, 6.07) is 16.0. The van der Waals surface area contributed by atoms with Gasteiger partial charge in [-0.3, -0.25) is 4.79 Å². The highest BCUT2D eigenvalue weighted by Gasteiger charge is 2.16. The number of carboxylic acid groups (broad SMARTS) is 1. The molecule has 108 valence electrons. The molecule has 4 nitrogen and oxygen atoms in total. The predicted molar refractivity (Wildman–Crippen MR) is 84.5 cm³/mol. The van der Waals surface area contributed by atoms with Gasteiger partial charge in [0.25, 0.3) is 0 Å². The number of carboxylic acids is 1. The zero-order chi connectivity index (χ0) is 14.8. The second-order valence-electron chi connectivity index (χ2n) is 5.15. The van der Waals surface area contributed by atoms with Gasteiger partial charge in [0.1, 0.15) is 6.04 Å². The van der Waals surface area contributed by atoms with E-state index in [2.05, 4.69) is 34.1 Å². The van der Waals surface area contributed by atoms with Gasteiger partial charge >= 0.3 is 5.97 Å². The molecule has 0 saturated carbocycles. The summed E-state index contributed by atoms with van der Waals surface area (Å²) in [5.74, 6) is -0.807. The van der Waals surface area contributed by atoms with E-state index in [9.17, 15) is 4.79 Å². The molecule has 0 bridgehead atoms. The third-order valence-corrected chi connectivity index (χ3v) is 3.97. The van der Waals surface area contributed by atoms with Crippen LogP contribution in [0, 0.1) is 0 Å². The molecule has 0 saturated heterocycles. The van der Waals surface area contributed by atoms with Gasteiger partial charge in [0, 0.05) is 28.4 Å². The van der Waals surface area contributed by atoms with E-state index in [0.29, 0.717) is 13.0 Å². The lowest BCUT2D eigenvalue weighted by Crippen LogP contribution is -2.34. The number of nitrogens with zero attached hydrogens (tertiary/aromatic N) is 1. The monoisotopic (exact) mass is 282 g/mol. The van der Waals surface area contributed by atoms with Gasteiger partial charge in [0.15, 0.2) is 0 Å². The van der Waals surface area contributed by atoms with E-state index in [1.165, 1.54) is 10.8 Å². The standard InChI is InChI=1S/C17H18N2O2/c1-18-14(17(20)21)10-11-19-15-8-4-2-6-12(15)13-7-3-5-9-16(13)19/h2-9,14,18H,10-11H2,1H3,(H,20,21). The summed E-state index contributed by atoms with van der Waals surface area (Å²) in [5, 5.41) is 14.4. The van der Waals surface area contributed by atoms with Crippen molar-refractivity contribution in [3.63, 3.8) is 0 Å². The SMILES string of the molecule is CNC(CCn1c2ccccc2c2ccccc21)C(=O)O.